The second-order valence-electron chi connectivity index (χ2n) is 4.29. The van der Waals surface area contributed by atoms with Crippen LogP contribution in [0, 0.1) is 0 Å². The van der Waals surface area contributed by atoms with E-state index in [-0.39, 0.29) is 0 Å². The molecule has 0 saturated carbocycles. The van der Waals surface area contributed by atoms with Crippen LogP contribution in [0.15, 0.2) is 30.3 Å². The fourth-order valence-corrected chi connectivity index (χ4v) is 3.62. The van der Waals surface area contributed by atoms with Crippen molar-refractivity contribution in [3.05, 3.63) is 35.9 Å². The topological polar surface area (TPSA) is 3.24 Å². The minimum absolute atomic E-state index is 0.729. The molecular formula is C12H17BIN-. The average Bonchev–Trinajstić information content (AvgIpc) is 2.62. The Kier molecular flexibility index (Phi) is 4.09. The van der Waals surface area contributed by atoms with Crippen molar-refractivity contribution in [2.75, 3.05) is 6.54 Å². The van der Waals surface area contributed by atoms with Crippen molar-refractivity contribution in [3.63, 3.8) is 0 Å². The van der Waals surface area contributed by atoms with Gasteiger partial charge >= 0.3 is 0 Å². The van der Waals surface area contributed by atoms with Crippen molar-refractivity contribution in [1.82, 2.24) is 4.81 Å². The summed E-state index contributed by atoms with van der Waals surface area (Å²) in [6.45, 7) is 4.69. The molecule has 3 heteroatoms. The monoisotopic (exact) mass is 313 g/mol. The molecule has 1 saturated heterocycles. The molecule has 1 heterocycles. The number of hydrogen-bond acceptors (Lipinski definition) is 1. The fraction of sp³-hybridized carbons (Fsp3) is 0.500. The molecule has 0 N–H and O–H groups in total. The average molecular weight is 313 g/mol. The minimum atomic E-state index is 0.729. The maximum atomic E-state index is 2.61. The van der Waals surface area contributed by atoms with E-state index >= 15 is 0 Å². The number of nitrogens with zero attached hydrogens (tertiary/aromatic N) is 1. The normalized spacial score (nSPS) is 23.5. The summed E-state index contributed by atoms with van der Waals surface area (Å²) in [5.41, 5.74) is 1.44. The summed E-state index contributed by atoms with van der Waals surface area (Å²) in [5, 5.41) is 0. The SMILES string of the molecule is CCC1CCN(Cc2ccccc2)[B-]1I. The Morgan fingerprint density at radius 2 is 2.13 bits per heavy atom. The maximum Gasteiger partial charge on any atom is 0.0177 e. The fourth-order valence-electron chi connectivity index (χ4n) is 2.27. The van der Waals surface area contributed by atoms with Crippen molar-refractivity contribution in [2.45, 2.75) is 32.1 Å². The van der Waals surface area contributed by atoms with Gasteiger partial charge in [0.05, 0.1) is 0 Å². The van der Waals surface area contributed by atoms with Crippen LogP contribution in [0.2, 0.25) is 5.82 Å². The Morgan fingerprint density at radius 1 is 1.40 bits per heavy atom. The van der Waals surface area contributed by atoms with Crippen LogP contribution in [-0.2, 0) is 6.54 Å². The summed E-state index contributed by atoms with van der Waals surface area (Å²) in [6.07, 6.45) is 2.69. The third-order valence-electron chi connectivity index (χ3n) is 3.28. The number of halogens is 1. The molecule has 1 aromatic rings. The summed E-state index contributed by atoms with van der Waals surface area (Å²) in [7, 11) is 0. The van der Waals surface area contributed by atoms with E-state index < -0.39 is 0 Å². The van der Waals surface area contributed by atoms with E-state index in [9.17, 15) is 0 Å². The first-order chi connectivity index (χ1) is 7.31. The Bertz CT molecular complexity index is 304. The highest BCUT2D eigenvalue weighted by Gasteiger charge is 2.20. The third kappa shape index (κ3) is 2.75. The molecule has 1 fully saturated rings. The molecule has 0 aromatic heterocycles. The molecule has 1 aromatic carbocycles. The quantitative estimate of drug-likeness (QED) is 0.609. The molecule has 1 unspecified atom stereocenters. The van der Waals surface area contributed by atoms with Crippen molar-refractivity contribution in [3.8, 4) is 0 Å². The van der Waals surface area contributed by atoms with Crippen molar-refractivity contribution in [1.29, 1.82) is 0 Å². The van der Waals surface area contributed by atoms with E-state index in [2.05, 4.69) is 64.4 Å². The van der Waals surface area contributed by atoms with Gasteiger partial charge in [0.25, 0.3) is 0 Å². The van der Waals surface area contributed by atoms with Crippen LogP contribution in [-0.4, -0.2) is 16.1 Å². The van der Waals surface area contributed by atoms with Gasteiger partial charge in [-0.05, 0) is 18.7 Å². The molecule has 15 heavy (non-hydrogen) atoms. The first kappa shape index (κ1) is 11.5. The van der Waals surface area contributed by atoms with E-state index in [0.29, 0.717) is 0 Å². The second-order valence-corrected chi connectivity index (χ2v) is 5.56. The molecule has 1 aliphatic heterocycles. The highest BCUT2D eigenvalue weighted by molar-refractivity contribution is 14.1. The van der Waals surface area contributed by atoms with Gasteiger partial charge in [0, 0.05) is 4.70 Å². The lowest BCUT2D eigenvalue weighted by Gasteiger charge is -2.34. The van der Waals surface area contributed by atoms with Gasteiger partial charge in [-0.2, -0.15) is 5.82 Å². The predicted octanol–water partition coefficient (Wildman–Crippen LogP) is 3.60. The van der Waals surface area contributed by atoms with E-state index in [1.54, 1.807) is 0 Å². The van der Waals surface area contributed by atoms with E-state index in [4.69, 9.17) is 0 Å². The van der Waals surface area contributed by atoms with Crippen LogP contribution in [0.25, 0.3) is 0 Å². The van der Waals surface area contributed by atoms with Crippen molar-refractivity contribution >= 4 is 27.1 Å². The lowest BCUT2D eigenvalue weighted by Crippen LogP contribution is -2.29. The summed E-state index contributed by atoms with van der Waals surface area (Å²) < 4.78 is 0.729. The zero-order chi connectivity index (χ0) is 10.7. The van der Waals surface area contributed by atoms with Gasteiger partial charge in [-0.15, -0.1) is 0 Å². The van der Waals surface area contributed by atoms with Crippen LogP contribution < -0.4 is 0 Å². The molecule has 0 aliphatic carbocycles. The number of hydrogen-bond donors (Lipinski definition) is 0. The number of rotatable bonds is 3. The van der Waals surface area contributed by atoms with Crippen LogP contribution >= 0.6 is 22.4 Å². The molecule has 81 valence electrons. The Labute approximate surface area is 106 Å². The van der Waals surface area contributed by atoms with Gasteiger partial charge in [-0.1, -0.05) is 50.1 Å². The third-order valence-corrected chi connectivity index (χ3v) is 5.08. The van der Waals surface area contributed by atoms with Crippen molar-refractivity contribution < 1.29 is 0 Å². The summed E-state index contributed by atoms with van der Waals surface area (Å²) in [5.74, 6) is 0.898. The van der Waals surface area contributed by atoms with Crippen LogP contribution in [0.3, 0.4) is 0 Å². The Morgan fingerprint density at radius 3 is 2.73 bits per heavy atom. The van der Waals surface area contributed by atoms with Crippen LogP contribution in [0.5, 0.6) is 0 Å². The first-order valence-electron chi connectivity index (χ1n) is 5.73. The molecule has 1 aliphatic rings. The highest BCUT2D eigenvalue weighted by Crippen LogP contribution is 2.34. The van der Waals surface area contributed by atoms with Gasteiger partial charge < -0.3 is 27.2 Å². The highest BCUT2D eigenvalue weighted by atomic mass is 127. The maximum absolute atomic E-state index is 2.61. The van der Waals surface area contributed by atoms with Crippen LogP contribution in [0.4, 0.5) is 0 Å². The predicted molar refractivity (Wildman–Crippen MR) is 75.3 cm³/mol. The van der Waals surface area contributed by atoms with Gasteiger partial charge in [-0.3, -0.25) is 0 Å². The van der Waals surface area contributed by atoms with E-state index in [1.807, 2.05) is 0 Å². The van der Waals surface area contributed by atoms with Gasteiger partial charge in [-0.25, -0.2) is 0 Å². The Balaban J connectivity index is 1.96. The summed E-state index contributed by atoms with van der Waals surface area (Å²) in [4.78, 5) is 2.60. The molecule has 2 rings (SSSR count). The van der Waals surface area contributed by atoms with Gasteiger partial charge in [0.2, 0.25) is 0 Å². The second kappa shape index (κ2) is 5.35. The molecular weight excluding hydrogens is 296 g/mol. The molecule has 0 bridgehead atoms. The Hall–Kier alpha value is -0.0251. The zero-order valence-corrected chi connectivity index (χ0v) is 11.4. The first-order valence-corrected chi connectivity index (χ1v) is 6.98. The standard InChI is InChI=1S/C12H17BIN/c1-2-12-8-9-15(13(12)14)10-11-6-4-3-5-7-11/h3-7,12H,2,8-10H2,1H3/q-1. The van der Waals surface area contributed by atoms with Crippen LogP contribution in [0.1, 0.15) is 25.3 Å². The summed E-state index contributed by atoms with van der Waals surface area (Å²) >= 11 is 2.61. The lowest BCUT2D eigenvalue weighted by atomic mass is 9.74. The van der Waals surface area contributed by atoms with Gasteiger partial charge in [0.1, 0.15) is 0 Å². The largest absolute Gasteiger partial charge is 0.489 e. The molecule has 1 nitrogen and oxygen atoms in total. The van der Waals surface area contributed by atoms with Gasteiger partial charge in [0.15, 0.2) is 0 Å². The lowest BCUT2D eigenvalue weighted by molar-refractivity contribution is 0.467. The molecule has 1 radical (unpaired) electrons. The summed E-state index contributed by atoms with van der Waals surface area (Å²) in [6, 6.07) is 10.8. The van der Waals surface area contributed by atoms with Crippen molar-refractivity contribution in [2.24, 2.45) is 0 Å². The molecule has 1 atom stereocenters. The minimum Gasteiger partial charge on any atom is -0.489 e. The molecule has 0 amide bonds. The smallest absolute Gasteiger partial charge is 0.0177 e. The molecule has 0 spiro atoms. The zero-order valence-electron chi connectivity index (χ0n) is 9.20. The van der Waals surface area contributed by atoms with E-state index in [1.165, 1.54) is 24.9 Å². The number of benzene rings is 1. The van der Waals surface area contributed by atoms with E-state index in [0.717, 1.165) is 17.1 Å².